The van der Waals surface area contributed by atoms with Crippen molar-refractivity contribution in [2.75, 3.05) is 0 Å². The molecule has 0 radical (unpaired) electrons. The summed E-state index contributed by atoms with van der Waals surface area (Å²) in [6.45, 7) is 5.48. The topological polar surface area (TPSA) is 85.3 Å². The van der Waals surface area contributed by atoms with Crippen LogP contribution in [-0.2, 0) is 9.53 Å². The minimum atomic E-state index is -0.555. The molecule has 1 unspecified atom stereocenters. The van der Waals surface area contributed by atoms with Gasteiger partial charge in [0.1, 0.15) is 23.0 Å². The van der Waals surface area contributed by atoms with Crippen molar-refractivity contribution in [1.29, 1.82) is 5.26 Å². The Hall–Kier alpha value is -4.04. The molecule has 0 aromatic heterocycles. The highest BCUT2D eigenvalue weighted by Crippen LogP contribution is 2.45. The van der Waals surface area contributed by atoms with Crippen molar-refractivity contribution in [3.63, 3.8) is 0 Å². The Morgan fingerprint density at radius 1 is 1.12 bits per heavy atom. The fourth-order valence-corrected chi connectivity index (χ4v) is 3.92. The van der Waals surface area contributed by atoms with E-state index >= 15 is 0 Å². The first-order valence-corrected chi connectivity index (χ1v) is 10.4. The number of nitrogens with zero attached hydrogens (tertiary/aromatic N) is 1. The molecule has 32 heavy (non-hydrogen) atoms. The molecule has 1 aliphatic rings. The Morgan fingerprint density at radius 3 is 2.66 bits per heavy atom. The number of nitriles is 1. The lowest BCUT2D eigenvalue weighted by Crippen LogP contribution is -2.22. The average molecular weight is 425 g/mol. The largest absolute Gasteiger partial charge is 0.457 e. The first-order valence-electron chi connectivity index (χ1n) is 10.4. The van der Waals surface area contributed by atoms with Crippen LogP contribution in [0.1, 0.15) is 43.4 Å². The summed E-state index contributed by atoms with van der Waals surface area (Å²) >= 11 is 0. The molecule has 4 rings (SSSR count). The maximum Gasteiger partial charge on any atom is 0.331 e. The van der Waals surface area contributed by atoms with Gasteiger partial charge in [0, 0.05) is 11.6 Å². The zero-order valence-corrected chi connectivity index (χ0v) is 18.3. The number of fused-ring (bicyclic) bond motifs is 3. The van der Waals surface area contributed by atoms with Crippen LogP contribution in [0.2, 0.25) is 0 Å². The van der Waals surface area contributed by atoms with E-state index < -0.39 is 11.6 Å². The van der Waals surface area contributed by atoms with Crippen LogP contribution in [0, 0.1) is 11.3 Å². The second-order valence-electron chi connectivity index (χ2n) is 8.66. The molecular formula is C27H24N2O3. The SMILES string of the molecule is CC(C)(C)OC(=O)/C=C/c1cccc(C2C(C#N)=C(N)Oc3ccc4ccccc4c32)c1. The zero-order valence-electron chi connectivity index (χ0n) is 18.3. The number of allylic oxidation sites excluding steroid dienone is 1. The van der Waals surface area contributed by atoms with Gasteiger partial charge in [-0.05, 0) is 54.8 Å². The average Bonchev–Trinajstić information content (AvgIpc) is 2.75. The number of nitrogens with two attached hydrogens (primary N) is 1. The van der Waals surface area contributed by atoms with Crippen molar-refractivity contribution < 1.29 is 14.3 Å². The highest BCUT2D eigenvalue weighted by Gasteiger charge is 2.32. The maximum atomic E-state index is 12.1. The normalized spacial score (nSPS) is 15.9. The summed E-state index contributed by atoms with van der Waals surface area (Å²) in [4.78, 5) is 12.1. The number of hydrogen-bond acceptors (Lipinski definition) is 5. The third-order valence-electron chi connectivity index (χ3n) is 5.18. The highest BCUT2D eigenvalue weighted by molar-refractivity contribution is 5.90. The van der Waals surface area contributed by atoms with Gasteiger partial charge in [-0.25, -0.2) is 4.79 Å². The van der Waals surface area contributed by atoms with E-state index in [2.05, 4.69) is 6.07 Å². The molecule has 3 aromatic rings. The standard InChI is InChI=1S/C27H24N2O3/c1-27(2,3)32-23(30)14-11-17-7-6-9-19(15-17)24-21(16-28)26(29)31-22-13-12-18-8-4-5-10-20(18)25(22)24/h4-15,24H,29H2,1-3H3/b14-11+. The number of carbonyl (C=O) groups is 1. The summed E-state index contributed by atoms with van der Waals surface area (Å²) < 4.78 is 11.2. The number of carbonyl (C=O) groups excluding carboxylic acids is 1. The van der Waals surface area contributed by atoms with Gasteiger partial charge in [-0.15, -0.1) is 0 Å². The molecule has 0 aliphatic carbocycles. The van der Waals surface area contributed by atoms with Gasteiger partial charge < -0.3 is 15.2 Å². The Bertz CT molecular complexity index is 1310. The van der Waals surface area contributed by atoms with Gasteiger partial charge in [0.15, 0.2) is 0 Å². The minimum absolute atomic E-state index is 0.106. The van der Waals surface area contributed by atoms with E-state index in [1.54, 1.807) is 6.08 Å². The van der Waals surface area contributed by atoms with Crippen LogP contribution >= 0.6 is 0 Å². The maximum absolute atomic E-state index is 12.1. The van der Waals surface area contributed by atoms with Crippen LogP contribution in [0.3, 0.4) is 0 Å². The molecule has 1 aliphatic heterocycles. The van der Waals surface area contributed by atoms with Crippen LogP contribution in [0.4, 0.5) is 0 Å². The second-order valence-corrected chi connectivity index (χ2v) is 8.66. The van der Waals surface area contributed by atoms with Gasteiger partial charge in [0.2, 0.25) is 5.88 Å². The predicted molar refractivity (Wildman–Crippen MR) is 125 cm³/mol. The van der Waals surface area contributed by atoms with Gasteiger partial charge in [-0.3, -0.25) is 0 Å². The number of hydrogen-bond donors (Lipinski definition) is 1. The highest BCUT2D eigenvalue weighted by atomic mass is 16.6. The molecule has 1 heterocycles. The van der Waals surface area contributed by atoms with Crippen molar-refractivity contribution in [2.45, 2.75) is 32.3 Å². The molecule has 0 fully saturated rings. The van der Waals surface area contributed by atoms with Crippen molar-refractivity contribution in [2.24, 2.45) is 5.73 Å². The monoisotopic (exact) mass is 424 g/mol. The zero-order chi connectivity index (χ0) is 22.9. The quantitative estimate of drug-likeness (QED) is 0.449. The molecule has 160 valence electrons. The summed E-state index contributed by atoms with van der Waals surface area (Å²) in [6.07, 6.45) is 3.12. The predicted octanol–water partition coefficient (Wildman–Crippen LogP) is 5.41. The fraction of sp³-hybridized carbons (Fsp3) is 0.185. The molecule has 0 saturated heterocycles. The molecular weight excluding hydrogens is 400 g/mol. The van der Waals surface area contributed by atoms with Gasteiger partial charge in [-0.1, -0.05) is 54.6 Å². The molecule has 5 heteroatoms. The molecule has 0 bridgehead atoms. The van der Waals surface area contributed by atoms with E-state index in [4.69, 9.17) is 15.2 Å². The number of benzene rings is 3. The molecule has 1 atom stereocenters. The van der Waals surface area contributed by atoms with Gasteiger partial charge in [0.05, 0.1) is 5.92 Å². The Balaban J connectivity index is 1.80. The molecule has 0 amide bonds. The van der Waals surface area contributed by atoms with E-state index in [0.717, 1.165) is 27.5 Å². The van der Waals surface area contributed by atoms with Crippen LogP contribution in [0.15, 0.2) is 78.2 Å². The van der Waals surface area contributed by atoms with E-state index in [9.17, 15) is 10.1 Å². The van der Waals surface area contributed by atoms with E-state index in [0.29, 0.717) is 11.3 Å². The van der Waals surface area contributed by atoms with Crippen LogP contribution in [0.5, 0.6) is 5.75 Å². The van der Waals surface area contributed by atoms with E-state index in [1.165, 1.54) is 6.08 Å². The fourth-order valence-electron chi connectivity index (χ4n) is 3.92. The molecule has 0 spiro atoms. The van der Waals surface area contributed by atoms with Crippen LogP contribution in [-0.4, -0.2) is 11.6 Å². The molecule has 0 saturated carbocycles. The Morgan fingerprint density at radius 2 is 1.91 bits per heavy atom. The summed E-state index contributed by atoms with van der Waals surface area (Å²) in [6, 6.07) is 21.8. The smallest absolute Gasteiger partial charge is 0.331 e. The van der Waals surface area contributed by atoms with E-state index in [-0.39, 0.29) is 11.8 Å². The van der Waals surface area contributed by atoms with Crippen LogP contribution in [0.25, 0.3) is 16.8 Å². The lowest BCUT2D eigenvalue weighted by Gasteiger charge is -2.28. The Kier molecular flexibility index (Phi) is 5.46. The summed E-state index contributed by atoms with van der Waals surface area (Å²) in [7, 11) is 0. The summed E-state index contributed by atoms with van der Waals surface area (Å²) in [5.74, 6) is -0.0493. The van der Waals surface area contributed by atoms with Gasteiger partial charge in [0.25, 0.3) is 0 Å². The lowest BCUT2D eigenvalue weighted by molar-refractivity contribution is -0.148. The van der Waals surface area contributed by atoms with E-state index in [1.807, 2.05) is 81.4 Å². The van der Waals surface area contributed by atoms with Crippen molar-refractivity contribution in [3.8, 4) is 11.8 Å². The number of esters is 1. The Labute approximate surface area is 187 Å². The molecule has 2 N–H and O–H groups in total. The lowest BCUT2D eigenvalue weighted by atomic mass is 9.81. The third kappa shape index (κ3) is 4.21. The van der Waals surface area contributed by atoms with Gasteiger partial charge >= 0.3 is 5.97 Å². The van der Waals surface area contributed by atoms with Gasteiger partial charge in [-0.2, -0.15) is 5.26 Å². The van der Waals surface area contributed by atoms with Crippen molar-refractivity contribution in [3.05, 3.63) is 94.9 Å². The van der Waals surface area contributed by atoms with Crippen molar-refractivity contribution in [1.82, 2.24) is 0 Å². The molecule has 3 aromatic carbocycles. The molecule has 5 nitrogen and oxygen atoms in total. The third-order valence-corrected chi connectivity index (χ3v) is 5.18. The second kappa shape index (κ2) is 8.24. The summed E-state index contributed by atoms with van der Waals surface area (Å²) in [5, 5.41) is 12.0. The minimum Gasteiger partial charge on any atom is -0.457 e. The number of ether oxygens (including phenoxy) is 2. The summed E-state index contributed by atoms with van der Waals surface area (Å²) in [5.41, 5.74) is 8.55. The number of rotatable bonds is 3. The van der Waals surface area contributed by atoms with Crippen molar-refractivity contribution >= 4 is 22.8 Å². The first kappa shape index (κ1) is 21.2. The van der Waals surface area contributed by atoms with Crippen LogP contribution < -0.4 is 10.5 Å². The first-order chi connectivity index (χ1) is 15.3.